The summed E-state index contributed by atoms with van der Waals surface area (Å²) in [5.74, 6) is 0.758. The normalized spacial score (nSPS) is 10.6. The number of halogens is 3. The molecule has 1 aromatic heterocycles. The van der Waals surface area contributed by atoms with Crippen molar-refractivity contribution in [3.63, 3.8) is 0 Å². The van der Waals surface area contributed by atoms with E-state index in [0.717, 1.165) is 0 Å². The first-order valence-corrected chi connectivity index (χ1v) is 5.65. The van der Waals surface area contributed by atoms with Crippen LogP contribution in [0.15, 0.2) is 6.07 Å². The molecule has 0 radical (unpaired) electrons. The number of fused-ring (bicyclic) bond motifs is 1. The van der Waals surface area contributed by atoms with Crippen LogP contribution in [0.2, 0.25) is 15.5 Å². The minimum absolute atomic E-state index is 0.0326. The smallest absolute Gasteiger partial charge is 0.224 e. The second kappa shape index (κ2) is 4.72. The SMILES string of the molecule is COc1c(Cl)cc2c(Cl)nc(Cl)nc2c1OC. The maximum absolute atomic E-state index is 6.05. The zero-order valence-electron chi connectivity index (χ0n) is 8.92. The fraction of sp³-hybridized carbons (Fsp3) is 0.200. The van der Waals surface area contributed by atoms with Crippen LogP contribution in [0.25, 0.3) is 10.9 Å². The van der Waals surface area contributed by atoms with Gasteiger partial charge in [0.15, 0.2) is 11.5 Å². The summed E-state index contributed by atoms with van der Waals surface area (Å²) >= 11 is 17.8. The number of methoxy groups -OCH3 is 2. The Balaban J connectivity index is 2.93. The minimum Gasteiger partial charge on any atom is -0.491 e. The maximum Gasteiger partial charge on any atom is 0.224 e. The van der Waals surface area contributed by atoms with Gasteiger partial charge >= 0.3 is 0 Å². The third-order valence-electron chi connectivity index (χ3n) is 2.19. The molecule has 0 atom stereocenters. The molecular weight excluding hydrogens is 286 g/mol. The molecule has 0 aliphatic heterocycles. The van der Waals surface area contributed by atoms with E-state index >= 15 is 0 Å². The summed E-state index contributed by atoms with van der Waals surface area (Å²) in [5, 5.41) is 1.16. The molecular formula is C10H7Cl3N2O2. The Labute approximate surface area is 112 Å². The highest BCUT2D eigenvalue weighted by Gasteiger charge is 2.18. The molecule has 90 valence electrons. The van der Waals surface area contributed by atoms with Crippen molar-refractivity contribution in [1.82, 2.24) is 9.97 Å². The van der Waals surface area contributed by atoms with E-state index in [-0.39, 0.29) is 10.4 Å². The number of ether oxygens (including phenoxy) is 2. The molecule has 7 heteroatoms. The highest BCUT2D eigenvalue weighted by atomic mass is 35.5. The van der Waals surface area contributed by atoms with Gasteiger partial charge in [-0.15, -0.1) is 0 Å². The summed E-state index contributed by atoms with van der Waals surface area (Å²) in [7, 11) is 2.97. The molecule has 0 aliphatic rings. The van der Waals surface area contributed by atoms with E-state index < -0.39 is 0 Å². The van der Waals surface area contributed by atoms with Gasteiger partial charge in [-0.1, -0.05) is 23.2 Å². The lowest BCUT2D eigenvalue weighted by Crippen LogP contribution is -1.96. The van der Waals surface area contributed by atoms with Gasteiger partial charge in [0.1, 0.15) is 10.7 Å². The van der Waals surface area contributed by atoms with Crippen LogP contribution in [-0.2, 0) is 0 Å². The van der Waals surface area contributed by atoms with Crippen LogP contribution in [0.1, 0.15) is 0 Å². The molecule has 0 unspecified atom stereocenters. The Morgan fingerprint density at radius 2 is 1.65 bits per heavy atom. The molecule has 1 aromatic carbocycles. The van der Waals surface area contributed by atoms with Crippen molar-refractivity contribution < 1.29 is 9.47 Å². The van der Waals surface area contributed by atoms with Crippen LogP contribution in [0.5, 0.6) is 11.5 Å². The first kappa shape index (κ1) is 12.5. The van der Waals surface area contributed by atoms with Crippen LogP contribution < -0.4 is 9.47 Å². The zero-order valence-corrected chi connectivity index (χ0v) is 11.2. The molecule has 2 rings (SSSR count). The maximum atomic E-state index is 6.05. The molecule has 0 saturated heterocycles. The predicted molar refractivity (Wildman–Crippen MR) is 67.7 cm³/mol. The lowest BCUT2D eigenvalue weighted by Gasteiger charge is -2.12. The van der Waals surface area contributed by atoms with Gasteiger partial charge in [0.25, 0.3) is 0 Å². The topological polar surface area (TPSA) is 44.2 Å². The first-order chi connectivity index (χ1) is 8.08. The second-order valence-corrected chi connectivity index (χ2v) is 4.21. The molecule has 1 heterocycles. The average Bonchev–Trinajstić information content (AvgIpc) is 2.28. The Kier molecular flexibility index (Phi) is 3.47. The number of rotatable bonds is 2. The van der Waals surface area contributed by atoms with Crippen molar-refractivity contribution in [2.24, 2.45) is 0 Å². The number of aromatic nitrogens is 2. The predicted octanol–water partition coefficient (Wildman–Crippen LogP) is 3.61. The van der Waals surface area contributed by atoms with Gasteiger partial charge < -0.3 is 9.47 Å². The van der Waals surface area contributed by atoms with Crippen molar-refractivity contribution in [3.05, 3.63) is 21.5 Å². The average molecular weight is 294 g/mol. The van der Waals surface area contributed by atoms with E-state index in [4.69, 9.17) is 44.3 Å². The van der Waals surface area contributed by atoms with Crippen molar-refractivity contribution in [1.29, 1.82) is 0 Å². The summed E-state index contributed by atoms with van der Waals surface area (Å²) in [6.07, 6.45) is 0. The molecule has 0 saturated carbocycles. The summed E-state index contributed by atoms with van der Waals surface area (Å²) in [4.78, 5) is 7.90. The van der Waals surface area contributed by atoms with E-state index in [1.165, 1.54) is 14.2 Å². The van der Waals surface area contributed by atoms with Gasteiger partial charge in [-0.2, -0.15) is 0 Å². The Hall–Kier alpha value is -0.970. The summed E-state index contributed by atoms with van der Waals surface area (Å²) in [5.41, 5.74) is 0.457. The van der Waals surface area contributed by atoms with E-state index in [0.29, 0.717) is 27.4 Å². The second-order valence-electron chi connectivity index (χ2n) is 3.10. The van der Waals surface area contributed by atoms with E-state index in [2.05, 4.69) is 9.97 Å². The van der Waals surface area contributed by atoms with E-state index in [9.17, 15) is 0 Å². The molecule has 0 N–H and O–H groups in total. The van der Waals surface area contributed by atoms with Crippen molar-refractivity contribution in [2.45, 2.75) is 0 Å². The minimum atomic E-state index is 0.0326. The largest absolute Gasteiger partial charge is 0.491 e. The van der Waals surface area contributed by atoms with Crippen molar-refractivity contribution in [3.8, 4) is 11.5 Å². The summed E-state index contributed by atoms with van der Waals surface area (Å²) < 4.78 is 10.4. The summed E-state index contributed by atoms with van der Waals surface area (Å²) in [6, 6.07) is 1.61. The van der Waals surface area contributed by atoms with Gasteiger partial charge in [0.05, 0.1) is 19.2 Å². The van der Waals surface area contributed by atoms with Crippen LogP contribution >= 0.6 is 34.8 Å². The molecule has 0 aliphatic carbocycles. The lowest BCUT2D eigenvalue weighted by atomic mass is 10.2. The summed E-state index contributed by atoms with van der Waals surface area (Å²) in [6.45, 7) is 0. The van der Waals surface area contributed by atoms with Crippen LogP contribution in [0.3, 0.4) is 0 Å². The van der Waals surface area contributed by atoms with Gasteiger partial charge in [-0.05, 0) is 17.7 Å². The third-order valence-corrected chi connectivity index (χ3v) is 2.93. The highest BCUT2D eigenvalue weighted by Crippen LogP contribution is 2.42. The Morgan fingerprint density at radius 3 is 2.24 bits per heavy atom. The fourth-order valence-electron chi connectivity index (χ4n) is 1.51. The van der Waals surface area contributed by atoms with Crippen LogP contribution in [0.4, 0.5) is 0 Å². The quantitative estimate of drug-likeness (QED) is 0.627. The molecule has 4 nitrogen and oxygen atoms in total. The van der Waals surface area contributed by atoms with Gasteiger partial charge in [-0.25, -0.2) is 9.97 Å². The van der Waals surface area contributed by atoms with Gasteiger partial charge in [-0.3, -0.25) is 0 Å². The lowest BCUT2D eigenvalue weighted by molar-refractivity contribution is 0.358. The molecule has 0 fully saturated rings. The van der Waals surface area contributed by atoms with Gasteiger partial charge in [0, 0.05) is 5.39 Å². The Morgan fingerprint density at radius 1 is 1.00 bits per heavy atom. The van der Waals surface area contributed by atoms with E-state index in [1.54, 1.807) is 6.07 Å². The molecule has 0 spiro atoms. The number of hydrogen-bond acceptors (Lipinski definition) is 4. The van der Waals surface area contributed by atoms with Crippen molar-refractivity contribution in [2.75, 3.05) is 14.2 Å². The molecule has 17 heavy (non-hydrogen) atoms. The molecule has 0 bridgehead atoms. The van der Waals surface area contributed by atoms with E-state index in [1.807, 2.05) is 0 Å². The standard InChI is InChI=1S/C10H7Cl3N2O2/c1-16-7-5(11)3-4-6(8(7)17-2)14-10(13)15-9(4)12/h3H,1-2H3. The number of hydrogen-bond donors (Lipinski definition) is 0. The number of benzene rings is 1. The van der Waals surface area contributed by atoms with Crippen LogP contribution in [0, 0.1) is 0 Å². The zero-order chi connectivity index (χ0) is 12.6. The fourth-order valence-corrected chi connectivity index (χ4v) is 2.21. The monoisotopic (exact) mass is 292 g/mol. The Bertz CT molecular complexity index is 590. The van der Waals surface area contributed by atoms with Crippen LogP contribution in [-0.4, -0.2) is 24.2 Å². The number of nitrogens with zero attached hydrogens (tertiary/aromatic N) is 2. The first-order valence-electron chi connectivity index (χ1n) is 4.51. The third kappa shape index (κ3) is 2.08. The van der Waals surface area contributed by atoms with Crippen molar-refractivity contribution >= 4 is 45.7 Å². The molecule has 2 aromatic rings. The molecule has 0 amide bonds. The highest BCUT2D eigenvalue weighted by molar-refractivity contribution is 6.38. The van der Waals surface area contributed by atoms with Gasteiger partial charge in [0.2, 0.25) is 5.28 Å².